The number of anilines is 1. The van der Waals surface area contributed by atoms with Crippen LogP contribution in [0.2, 0.25) is 0 Å². The maximum atomic E-state index is 6.16. The molecule has 0 amide bonds. The first-order valence-electron chi connectivity index (χ1n) is 5.73. The van der Waals surface area contributed by atoms with Gasteiger partial charge in [-0.05, 0) is 11.6 Å². The van der Waals surface area contributed by atoms with Gasteiger partial charge in [-0.15, -0.1) is 0 Å². The van der Waals surface area contributed by atoms with E-state index in [-0.39, 0.29) is 0 Å². The van der Waals surface area contributed by atoms with Crippen LogP contribution in [0.4, 0.5) is 5.69 Å². The van der Waals surface area contributed by atoms with Gasteiger partial charge in [0, 0.05) is 23.0 Å². The fourth-order valence-corrected chi connectivity index (χ4v) is 2.16. The minimum Gasteiger partial charge on any atom is -0.397 e. The molecule has 0 spiro atoms. The lowest BCUT2D eigenvalue weighted by Gasteiger charge is -2.00. The number of fused-ring (bicyclic) bond motifs is 1. The van der Waals surface area contributed by atoms with Crippen molar-refractivity contribution in [3.8, 4) is 0 Å². The SMILES string of the molecule is Nc1c(Cc2ccccc2)[nH]c2ccccc12. The lowest BCUT2D eigenvalue weighted by molar-refractivity contribution is 1.12. The van der Waals surface area contributed by atoms with Crippen LogP contribution >= 0.6 is 0 Å². The molecule has 3 N–H and O–H groups in total. The Labute approximate surface area is 100 Å². The van der Waals surface area contributed by atoms with E-state index < -0.39 is 0 Å². The van der Waals surface area contributed by atoms with E-state index in [2.05, 4.69) is 29.2 Å². The number of H-pyrrole nitrogens is 1. The molecule has 0 fully saturated rings. The molecule has 2 aromatic carbocycles. The Morgan fingerprint density at radius 2 is 1.59 bits per heavy atom. The van der Waals surface area contributed by atoms with Crippen molar-refractivity contribution >= 4 is 16.6 Å². The Morgan fingerprint density at radius 3 is 2.35 bits per heavy atom. The topological polar surface area (TPSA) is 41.8 Å². The molecule has 1 aromatic heterocycles. The fourth-order valence-electron chi connectivity index (χ4n) is 2.16. The minimum atomic E-state index is 0.849. The average Bonchev–Trinajstić information content (AvgIpc) is 2.68. The Hall–Kier alpha value is -2.22. The van der Waals surface area contributed by atoms with Gasteiger partial charge >= 0.3 is 0 Å². The van der Waals surface area contributed by atoms with Crippen molar-refractivity contribution in [2.75, 3.05) is 5.73 Å². The van der Waals surface area contributed by atoms with Crippen LogP contribution in [0.1, 0.15) is 11.3 Å². The fraction of sp³-hybridized carbons (Fsp3) is 0.0667. The summed E-state index contributed by atoms with van der Waals surface area (Å²) in [6.07, 6.45) is 0.849. The lowest BCUT2D eigenvalue weighted by Crippen LogP contribution is -1.93. The Balaban J connectivity index is 2.04. The largest absolute Gasteiger partial charge is 0.397 e. The molecule has 0 aliphatic carbocycles. The van der Waals surface area contributed by atoms with Crippen molar-refractivity contribution in [1.29, 1.82) is 0 Å². The predicted molar refractivity (Wildman–Crippen MR) is 72.0 cm³/mol. The number of aromatic amines is 1. The van der Waals surface area contributed by atoms with Crippen molar-refractivity contribution < 1.29 is 0 Å². The molecule has 0 unspecified atom stereocenters. The zero-order valence-electron chi connectivity index (χ0n) is 9.48. The van der Waals surface area contributed by atoms with Crippen molar-refractivity contribution in [2.24, 2.45) is 0 Å². The third kappa shape index (κ3) is 1.78. The number of hydrogen-bond acceptors (Lipinski definition) is 1. The van der Waals surface area contributed by atoms with Gasteiger partial charge in [0.05, 0.1) is 5.69 Å². The number of hydrogen-bond donors (Lipinski definition) is 2. The summed E-state index contributed by atoms with van der Waals surface area (Å²) in [5.74, 6) is 0. The molecule has 0 bridgehead atoms. The van der Waals surface area contributed by atoms with E-state index >= 15 is 0 Å². The highest BCUT2D eigenvalue weighted by molar-refractivity contribution is 5.93. The van der Waals surface area contributed by atoms with Gasteiger partial charge in [-0.3, -0.25) is 0 Å². The molecule has 3 rings (SSSR count). The van der Waals surface area contributed by atoms with Gasteiger partial charge in [-0.25, -0.2) is 0 Å². The first kappa shape index (κ1) is 9.97. The van der Waals surface area contributed by atoms with E-state index in [4.69, 9.17) is 5.73 Å². The first-order chi connectivity index (χ1) is 8.34. The molecule has 17 heavy (non-hydrogen) atoms. The summed E-state index contributed by atoms with van der Waals surface area (Å²) < 4.78 is 0. The van der Waals surface area contributed by atoms with Gasteiger partial charge in [0.2, 0.25) is 0 Å². The summed E-state index contributed by atoms with van der Waals surface area (Å²) in [6.45, 7) is 0. The molecule has 0 aliphatic heterocycles. The highest BCUT2D eigenvalue weighted by atomic mass is 14.8. The van der Waals surface area contributed by atoms with E-state index in [1.807, 2.05) is 30.3 Å². The number of nitrogens with one attached hydrogen (secondary N) is 1. The van der Waals surface area contributed by atoms with Crippen LogP contribution in [-0.2, 0) is 6.42 Å². The van der Waals surface area contributed by atoms with Crippen LogP contribution in [0.3, 0.4) is 0 Å². The van der Waals surface area contributed by atoms with Gasteiger partial charge in [-0.1, -0.05) is 48.5 Å². The molecule has 3 aromatic rings. The zero-order valence-corrected chi connectivity index (χ0v) is 9.48. The molecule has 0 aliphatic rings. The van der Waals surface area contributed by atoms with Crippen LogP contribution < -0.4 is 5.73 Å². The van der Waals surface area contributed by atoms with E-state index in [1.165, 1.54) is 5.56 Å². The average molecular weight is 222 g/mol. The van der Waals surface area contributed by atoms with Gasteiger partial charge in [-0.2, -0.15) is 0 Å². The second-order valence-corrected chi connectivity index (χ2v) is 4.23. The van der Waals surface area contributed by atoms with E-state index in [0.717, 1.165) is 28.7 Å². The molecule has 1 heterocycles. The first-order valence-corrected chi connectivity index (χ1v) is 5.73. The van der Waals surface area contributed by atoms with Crippen molar-refractivity contribution in [1.82, 2.24) is 4.98 Å². The maximum Gasteiger partial charge on any atom is 0.0608 e. The van der Waals surface area contributed by atoms with Crippen LogP contribution in [0.25, 0.3) is 10.9 Å². The van der Waals surface area contributed by atoms with E-state index in [1.54, 1.807) is 0 Å². The highest BCUT2D eigenvalue weighted by Gasteiger charge is 2.07. The smallest absolute Gasteiger partial charge is 0.0608 e. The Morgan fingerprint density at radius 1 is 0.882 bits per heavy atom. The van der Waals surface area contributed by atoms with Gasteiger partial charge in [0.25, 0.3) is 0 Å². The Bertz CT molecular complexity index is 638. The third-order valence-corrected chi connectivity index (χ3v) is 3.05. The van der Waals surface area contributed by atoms with Crippen LogP contribution in [0.15, 0.2) is 54.6 Å². The summed E-state index contributed by atoms with van der Waals surface area (Å²) in [7, 11) is 0. The number of para-hydroxylation sites is 1. The molecular formula is C15H14N2. The highest BCUT2D eigenvalue weighted by Crippen LogP contribution is 2.26. The van der Waals surface area contributed by atoms with Crippen LogP contribution in [0, 0.1) is 0 Å². The Kier molecular flexibility index (Phi) is 2.33. The normalized spacial score (nSPS) is 10.8. The summed E-state index contributed by atoms with van der Waals surface area (Å²) in [6, 6.07) is 18.5. The van der Waals surface area contributed by atoms with E-state index in [9.17, 15) is 0 Å². The van der Waals surface area contributed by atoms with Crippen molar-refractivity contribution in [3.63, 3.8) is 0 Å². The molecule has 0 atom stereocenters. The molecule has 0 radical (unpaired) electrons. The molecule has 0 saturated heterocycles. The van der Waals surface area contributed by atoms with Crippen LogP contribution in [-0.4, -0.2) is 4.98 Å². The molecular weight excluding hydrogens is 208 g/mol. The monoisotopic (exact) mass is 222 g/mol. The molecule has 84 valence electrons. The van der Waals surface area contributed by atoms with Gasteiger partial charge in [0.1, 0.15) is 0 Å². The maximum absolute atomic E-state index is 6.16. The molecule has 2 heteroatoms. The summed E-state index contributed by atoms with van der Waals surface area (Å²) in [5, 5.41) is 1.11. The predicted octanol–water partition coefficient (Wildman–Crippen LogP) is 3.34. The summed E-state index contributed by atoms with van der Waals surface area (Å²) >= 11 is 0. The van der Waals surface area contributed by atoms with Gasteiger partial charge < -0.3 is 10.7 Å². The summed E-state index contributed by atoms with van der Waals surface area (Å²) in [4.78, 5) is 3.39. The molecule has 2 nitrogen and oxygen atoms in total. The van der Waals surface area contributed by atoms with Crippen molar-refractivity contribution in [2.45, 2.75) is 6.42 Å². The van der Waals surface area contributed by atoms with E-state index in [0.29, 0.717) is 0 Å². The quantitative estimate of drug-likeness (QED) is 0.686. The number of benzene rings is 2. The number of nitrogens with two attached hydrogens (primary N) is 1. The standard InChI is InChI=1S/C15H14N2/c16-15-12-8-4-5-9-13(12)17-14(15)10-11-6-2-1-3-7-11/h1-9,17H,10,16H2. The van der Waals surface area contributed by atoms with Crippen molar-refractivity contribution in [3.05, 3.63) is 65.9 Å². The minimum absolute atomic E-state index is 0.849. The summed E-state index contributed by atoms with van der Waals surface area (Å²) in [5.41, 5.74) is 10.5. The number of rotatable bonds is 2. The second kappa shape index (κ2) is 3.98. The second-order valence-electron chi connectivity index (χ2n) is 4.23. The van der Waals surface area contributed by atoms with Crippen LogP contribution in [0.5, 0.6) is 0 Å². The lowest BCUT2D eigenvalue weighted by atomic mass is 10.1. The number of aromatic nitrogens is 1. The zero-order chi connectivity index (χ0) is 11.7. The molecule has 0 saturated carbocycles. The van der Waals surface area contributed by atoms with Gasteiger partial charge in [0.15, 0.2) is 0 Å². The third-order valence-electron chi connectivity index (χ3n) is 3.05. The number of nitrogen functional groups attached to an aromatic ring is 1.